The fraction of sp³-hybridized carbons (Fsp3) is 0.200. The van der Waals surface area contributed by atoms with Crippen molar-refractivity contribution in [2.75, 3.05) is 11.1 Å². The number of rotatable bonds is 4. The number of aryl methyl sites for hydroxylation is 1. The summed E-state index contributed by atoms with van der Waals surface area (Å²) in [6.07, 6.45) is 3.77. The standard InChI is InChI=1S/C20H19N3OS/c1-14-21-9-10-23(14)12-15-5-4-6-16(11-15)22-20(24)18-13-25-19-8-3-2-7-17(18)19/h2-11,18H,12-13H2,1H3,(H,22,24)/t18-/m1/s1. The van der Waals surface area contributed by atoms with Crippen molar-refractivity contribution in [3.63, 3.8) is 0 Å². The predicted octanol–water partition coefficient (Wildman–Crippen LogP) is 4.07. The first-order valence-electron chi connectivity index (χ1n) is 8.30. The molecule has 2 heterocycles. The number of carbonyl (C=O) groups is 1. The van der Waals surface area contributed by atoms with Gasteiger partial charge in [0.25, 0.3) is 0 Å². The maximum Gasteiger partial charge on any atom is 0.232 e. The summed E-state index contributed by atoms with van der Waals surface area (Å²) >= 11 is 1.75. The first-order valence-corrected chi connectivity index (χ1v) is 9.28. The normalized spacial score (nSPS) is 15.8. The van der Waals surface area contributed by atoms with E-state index in [4.69, 9.17) is 0 Å². The van der Waals surface area contributed by atoms with Gasteiger partial charge in [0.15, 0.2) is 0 Å². The van der Waals surface area contributed by atoms with Gasteiger partial charge >= 0.3 is 0 Å². The van der Waals surface area contributed by atoms with E-state index in [1.807, 2.05) is 43.5 Å². The van der Waals surface area contributed by atoms with E-state index in [-0.39, 0.29) is 11.8 Å². The summed E-state index contributed by atoms with van der Waals surface area (Å²) in [6, 6.07) is 16.2. The number of thioether (sulfide) groups is 1. The molecule has 1 aromatic heterocycles. The van der Waals surface area contributed by atoms with E-state index in [1.165, 1.54) is 4.90 Å². The van der Waals surface area contributed by atoms with Crippen molar-refractivity contribution in [2.45, 2.75) is 24.3 Å². The van der Waals surface area contributed by atoms with Gasteiger partial charge in [-0.1, -0.05) is 30.3 Å². The first kappa shape index (κ1) is 16.0. The third kappa shape index (κ3) is 3.33. The van der Waals surface area contributed by atoms with Gasteiger partial charge in [-0.05, 0) is 36.2 Å². The largest absolute Gasteiger partial charge is 0.331 e. The highest BCUT2D eigenvalue weighted by Crippen LogP contribution is 2.39. The van der Waals surface area contributed by atoms with Gasteiger partial charge in [-0.2, -0.15) is 0 Å². The molecule has 0 saturated carbocycles. The summed E-state index contributed by atoms with van der Waals surface area (Å²) in [5.74, 6) is 1.77. The average Bonchev–Trinajstić information content (AvgIpc) is 3.22. The van der Waals surface area contributed by atoms with Crippen LogP contribution in [0.15, 0.2) is 65.8 Å². The monoisotopic (exact) mass is 349 g/mol. The number of hydrogen-bond acceptors (Lipinski definition) is 3. The number of nitrogens with zero attached hydrogens (tertiary/aromatic N) is 2. The van der Waals surface area contributed by atoms with Gasteiger partial charge in [0.2, 0.25) is 5.91 Å². The summed E-state index contributed by atoms with van der Waals surface area (Å²) in [5.41, 5.74) is 3.12. The Morgan fingerprint density at radius 2 is 2.16 bits per heavy atom. The molecule has 25 heavy (non-hydrogen) atoms. The molecule has 2 aromatic carbocycles. The van der Waals surface area contributed by atoms with Crippen LogP contribution in [0, 0.1) is 6.92 Å². The summed E-state index contributed by atoms with van der Waals surface area (Å²) in [7, 11) is 0. The Labute approximate surface area is 151 Å². The molecule has 1 aliphatic rings. The molecule has 0 unspecified atom stereocenters. The highest BCUT2D eigenvalue weighted by Gasteiger charge is 2.28. The second kappa shape index (κ2) is 6.76. The molecule has 1 aliphatic heterocycles. The molecule has 126 valence electrons. The van der Waals surface area contributed by atoms with E-state index in [0.29, 0.717) is 0 Å². The molecule has 0 saturated heterocycles. The lowest BCUT2D eigenvalue weighted by Gasteiger charge is -2.13. The second-order valence-electron chi connectivity index (χ2n) is 6.19. The SMILES string of the molecule is Cc1nccn1Cc1cccc(NC(=O)[C@@H]2CSc3ccccc32)c1. The summed E-state index contributed by atoms with van der Waals surface area (Å²) < 4.78 is 2.09. The lowest BCUT2D eigenvalue weighted by molar-refractivity contribution is -0.117. The molecule has 1 amide bonds. The van der Waals surface area contributed by atoms with E-state index in [2.05, 4.69) is 33.1 Å². The third-order valence-electron chi connectivity index (χ3n) is 4.49. The Bertz CT molecular complexity index is 919. The van der Waals surface area contributed by atoms with Gasteiger partial charge in [-0.3, -0.25) is 4.79 Å². The molecule has 4 rings (SSSR count). The van der Waals surface area contributed by atoms with Gasteiger partial charge in [-0.15, -0.1) is 11.8 Å². The number of fused-ring (bicyclic) bond motifs is 1. The lowest BCUT2D eigenvalue weighted by atomic mass is 10.0. The third-order valence-corrected chi connectivity index (χ3v) is 5.67. The van der Waals surface area contributed by atoms with Crippen LogP contribution >= 0.6 is 11.8 Å². The Kier molecular flexibility index (Phi) is 4.32. The van der Waals surface area contributed by atoms with Gasteiger partial charge in [0, 0.05) is 35.3 Å². The summed E-state index contributed by atoms with van der Waals surface area (Å²) in [6.45, 7) is 2.73. The number of anilines is 1. The fourth-order valence-electron chi connectivity index (χ4n) is 3.12. The van der Waals surface area contributed by atoms with Crippen LogP contribution in [0.4, 0.5) is 5.69 Å². The smallest absolute Gasteiger partial charge is 0.232 e. The molecule has 0 radical (unpaired) electrons. The van der Waals surface area contributed by atoms with Crippen LogP contribution in [0.5, 0.6) is 0 Å². The van der Waals surface area contributed by atoms with Crippen molar-refractivity contribution in [3.8, 4) is 0 Å². The minimum atomic E-state index is -0.0826. The molecule has 5 heteroatoms. The first-order chi connectivity index (χ1) is 12.2. The van der Waals surface area contributed by atoms with Crippen molar-refractivity contribution < 1.29 is 4.79 Å². The van der Waals surface area contributed by atoms with Crippen LogP contribution in [-0.4, -0.2) is 21.2 Å². The molecule has 0 spiro atoms. The summed E-state index contributed by atoms with van der Waals surface area (Å²) in [5, 5.41) is 3.08. The number of hydrogen-bond donors (Lipinski definition) is 1. The minimum absolute atomic E-state index is 0.0633. The molecule has 0 bridgehead atoms. The van der Waals surface area contributed by atoms with Crippen LogP contribution in [-0.2, 0) is 11.3 Å². The maximum atomic E-state index is 12.7. The lowest BCUT2D eigenvalue weighted by Crippen LogP contribution is -2.21. The minimum Gasteiger partial charge on any atom is -0.331 e. The zero-order chi connectivity index (χ0) is 17.2. The maximum absolute atomic E-state index is 12.7. The van der Waals surface area contributed by atoms with Crippen LogP contribution < -0.4 is 5.32 Å². The average molecular weight is 349 g/mol. The highest BCUT2D eigenvalue weighted by atomic mass is 32.2. The summed E-state index contributed by atoms with van der Waals surface area (Å²) in [4.78, 5) is 18.2. The van der Waals surface area contributed by atoms with Crippen LogP contribution in [0.2, 0.25) is 0 Å². The molecule has 1 N–H and O–H groups in total. The van der Waals surface area contributed by atoms with Gasteiger partial charge in [0.1, 0.15) is 5.82 Å². The van der Waals surface area contributed by atoms with Crippen molar-refractivity contribution in [2.24, 2.45) is 0 Å². The number of nitrogens with one attached hydrogen (secondary N) is 1. The second-order valence-corrected chi connectivity index (χ2v) is 7.26. The van der Waals surface area contributed by atoms with E-state index in [1.54, 1.807) is 18.0 Å². The molecule has 1 atom stereocenters. The number of aromatic nitrogens is 2. The van der Waals surface area contributed by atoms with Crippen LogP contribution in [0.3, 0.4) is 0 Å². The van der Waals surface area contributed by atoms with Crippen molar-refractivity contribution in [1.82, 2.24) is 9.55 Å². The Hall–Kier alpha value is -2.53. The predicted molar refractivity (Wildman–Crippen MR) is 101 cm³/mol. The molecular weight excluding hydrogens is 330 g/mol. The number of amides is 1. The molecule has 3 aromatic rings. The molecule has 0 fully saturated rings. The van der Waals surface area contributed by atoms with E-state index in [0.717, 1.165) is 34.9 Å². The zero-order valence-electron chi connectivity index (χ0n) is 14.0. The fourth-order valence-corrected chi connectivity index (χ4v) is 4.35. The molecule has 4 nitrogen and oxygen atoms in total. The van der Waals surface area contributed by atoms with Crippen LogP contribution in [0.1, 0.15) is 22.9 Å². The topological polar surface area (TPSA) is 46.9 Å². The highest BCUT2D eigenvalue weighted by molar-refractivity contribution is 7.99. The van der Waals surface area contributed by atoms with Gasteiger partial charge in [0.05, 0.1) is 5.92 Å². The van der Waals surface area contributed by atoms with Crippen molar-refractivity contribution in [1.29, 1.82) is 0 Å². The Balaban J connectivity index is 1.49. The molecular formula is C20H19N3OS. The Morgan fingerprint density at radius 1 is 1.28 bits per heavy atom. The van der Waals surface area contributed by atoms with Crippen molar-refractivity contribution >= 4 is 23.4 Å². The van der Waals surface area contributed by atoms with E-state index >= 15 is 0 Å². The zero-order valence-corrected chi connectivity index (χ0v) is 14.8. The number of benzene rings is 2. The Morgan fingerprint density at radius 3 is 3.00 bits per heavy atom. The van der Waals surface area contributed by atoms with Crippen molar-refractivity contribution in [3.05, 3.63) is 77.9 Å². The molecule has 0 aliphatic carbocycles. The van der Waals surface area contributed by atoms with Crippen LogP contribution in [0.25, 0.3) is 0 Å². The van der Waals surface area contributed by atoms with E-state index < -0.39 is 0 Å². The van der Waals surface area contributed by atoms with Gasteiger partial charge in [-0.25, -0.2) is 4.98 Å². The number of imidazole rings is 1. The number of carbonyl (C=O) groups excluding carboxylic acids is 1. The van der Waals surface area contributed by atoms with E-state index in [9.17, 15) is 4.79 Å². The quantitative estimate of drug-likeness (QED) is 0.772. The van der Waals surface area contributed by atoms with Gasteiger partial charge < -0.3 is 9.88 Å².